The molecule has 0 spiro atoms. The van der Waals surface area contributed by atoms with Crippen molar-refractivity contribution in [3.8, 4) is 0 Å². The predicted octanol–water partition coefficient (Wildman–Crippen LogP) is 2.62. The van der Waals surface area contributed by atoms with Gasteiger partial charge in [-0.1, -0.05) is 12.1 Å². The van der Waals surface area contributed by atoms with Crippen LogP contribution < -0.4 is 0 Å². The first-order valence-electron chi connectivity index (χ1n) is 6.88. The standard InChI is InChI=1S/C14H18N4OS/c1-2-8-19-17-14(13-15-5-6-16-13)18-7-3-12-11(10-18)4-9-20-12/h4-6,9H,2-3,7-8,10H2,1H3,(H,15,16)/b17-14+. The van der Waals surface area contributed by atoms with Crippen LogP contribution in [0.3, 0.4) is 0 Å². The first-order valence-corrected chi connectivity index (χ1v) is 7.76. The van der Waals surface area contributed by atoms with E-state index in [2.05, 4.69) is 38.4 Å². The van der Waals surface area contributed by atoms with Crippen LogP contribution >= 0.6 is 11.3 Å². The van der Waals surface area contributed by atoms with Gasteiger partial charge in [-0.15, -0.1) is 11.3 Å². The first kappa shape index (κ1) is 13.2. The Morgan fingerprint density at radius 1 is 1.60 bits per heavy atom. The number of nitrogens with one attached hydrogen (secondary N) is 1. The largest absolute Gasteiger partial charge is 0.394 e. The van der Waals surface area contributed by atoms with Crippen LogP contribution in [-0.4, -0.2) is 33.9 Å². The molecule has 1 aliphatic rings. The third kappa shape index (κ3) is 2.70. The Kier molecular flexibility index (Phi) is 4.01. The number of imidazole rings is 1. The quantitative estimate of drug-likeness (QED) is 0.407. The van der Waals surface area contributed by atoms with Gasteiger partial charge in [-0.25, -0.2) is 4.98 Å². The lowest BCUT2D eigenvalue weighted by molar-refractivity contribution is 0.139. The maximum absolute atomic E-state index is 5.38. The van der Waals surface area contributed by atoms with E-state index in [9.17, 15) is 0 Å². The summed E-state index contributed by atoms with van der Waals surface area (Å²) in [5.74, 6) is 1.56. The van der Waals surface area contributed by atoms with Crippen molar-refractivity contribution in [1.29, 1.82) is 0 Å². The zero-order valence-corrected chi connectivity index (χ0v) is 12.3. The molecule has 3 rings (SSSR count). The topological polar surface area (TPSA) is 53.5 Å². The highest BCUT2D eigenvalue weighted by molar-refractivity contribution is 7.10. The minimum atomic E-state index is 0.627. The van der Waals surface area contributed by atoms with Crippen molar-refractivity contribution in [2.24, 2.45) is 5.16 Å². The van der Waals surface area contributed by atoms with Gasteiger partial charge in [0.25, 0.3) is 0 Å². The van der Waals surface area contributed by atoms with Crippen molar-refractivity contribution < 1.29 is 4.84 Å². The molecule has 2 aromatic heterocycles. The number of amidine groups is 1. The molecule has 0 unspecified atom stereocenters. The van der Waals surface area contributed by atoms with Gasteiger partial charge in [0.2, 0.25) is 5.84 Å². The number of oxime groups is 1. The highest BCUT2D eigenvalue weighted by atomic mass is 32.1. The van der Waals surface area contributed by atoms with Crippen LogP contribution in [-0.2, 0) is 17.8 Å². The van der Waals surface area contributed by atoms with E-state index in [0.29, 0.717) is 6.61 Å². The SMILES string of the molecule is CCCO/N=C(\c1ncc[nH]1)N1CCc2sccc2C1. The zero-order chi connectivity index (χ0) is 13.8. The molecule has 1 N–H and O–H groups in total. The van der Waals surface area contributed by atoms with E-state index in [1.807, 2.05) is 17.5 Å². The molecular formula is C14H18N4OS. The van der Waals surface area contributed by atoms with Gasteiger partial charge in [-0.05, 0) is 29.9 Å². The second-order valence-corrected chi connectivity index (χ2v) is 5.73. The van der Waals surface area contributed by atoms with Crippen molar-refractivity contribution in [2.75, 3.05) is 13.2 Å². The summed E-state index contributed by atoms with van der Waals surface area (Å²) in [6, 6.07) is 2.19. The summed E-state index contributed by atoms with van der Waals surface area (Å²) < 4.78 is 0. The van der Waals surface area contributed by atoms with Crippen LogP contribution in [0.1, 0.15) is 29.6 Å². The van der Waals surface area contributed by atoms with Gasteiger partial charge in [-0.2, -0.15) is 0 Å². The van der Waals surface area contributed by atoms with Crippen molar-refractivity contribution in [1.82, 2.24) is 14.9 Å². The van der Waals surface area contributed by atoms with E-state index in [-0.39, 0.29) is 0 Å². The van der Waals surface area contributed by atoms with Gasteiger partial charge in [0, 0.05) is 30.4 Å². The average molecular weight is 290 g/mol. The van der Waals surface area contributed by atoms with E-state index < -0.39 is 0 Å². The molecule has 0 aliphatic carbocycles. The van der Waals surface area contributed by atoms with Gasteiger partial charge in [0.1, 0.15) is 6.61 Å². The fourth-order valence-corrected chi connectivity index (χ4v) is 3.16. The summed E-state index contributed by atoms with van der Waals surface area (Å²) in [5.41, 5.74) is 1.39. The average Bonchev–Trinajstić information content (AvgIpc) is 3.13. The van der Waals surface area contributed by atoms with Crippen LogP contribution in [0, 0.1) is 0 Å². The molecule has 20 heavy (non-hydrogen) atoms. The second kappa shape index (κ2) is 6.09. The van der Waals surface area contributed by atoms with Gasteiger partial charge in [0.05, 0.1) is 0 Å². The third-order valence-electron chi connectivity index (χ3n) is 3.26. The number of thiophene rings is 1. The van der Waals surface area contributed by atoms with Crippen molar-refractivity contribution in [3.05, 3.63) is 40.1 Å². The molecule has 2 aromatic rings. The van der Waals surface area contributed by atoms with Gasteiger partial charge in [-0.3, -0.25) is 0 Å². The lowest BCUT2D eigenvalue weighted by Gasteiger charge is -2.28. The molecule has 0 saturated carbocycles. The lowest BCUT2D eigenvalue weighted by Crippen LogP contribution is -2.36. The molecule has 0 radical (unpaired) electrons. The van der Waals surface area contributed by atoms with Crippen LogP contribution in [0.25, 0.3) is 0 Å². The number of nitrogens with zero attached hydrogens (tertiary/aromatic N) is 3. The maximum Gasteiger partial charge on any atom is 0.211 e. The number of H-pyrrole nitrogens is 1. The number of aromatic amines is 1. The first-order chi connectivity index (χ1) is 9.88. The maximum atomic E-state index is 5.38. The normalized spacial score (nSPS) is 15.2. The molecule has 6 heteroatoms. The molecular weight excluding hydrogens is 272 g/mol. The highest BCUT2D eigenvalue weighted by Gasteiger charge is 2.23. The molecule has 0 saturated heterocycles. The fraction of sp³-hybridized carbons (Fsp3) is 0.429. The van der Waals surface area contributed by atoms with Crippen LogP contribution in [0.15, 0.2) is 29.0 Å². The molecule has 106 valence electrons. The molecule has 0 aromatic carbocycles. The second-order valence-electron chi connectivity index (χ2n) is 4.73. The molecule has 0 atom stereocenters. The number of aromatic nitrogens is 2. The molecule has 3 heterocycles. The van der Waals surface area contributed by atoms with E-state index in [1.165, 1.54) is 10.4 Å². The van der Waals surface area contributed by atoms with Crippen LogP contribution in [0.4, 0.5) is 0 Å². The summed E-state index contributed by atoms with van der Waals surface area (Å²) >= 11 is 1.84. The van der Waals surface area contributed by atoms with Gasteiger partial charge >= 0.3 is 0 Å². The number of rotatable bonds is 4. The Morgan fingerprint density at radius 3 is 3.35 bits per heavy atom. The van der Waals surface area contributed by atoms with E-state index in [0.717, 1.165) is 37.6 Å². The molecule has 5 nitrogen and oxygen atoms in total. The molecule has 1 aliphatic heterocycles. The predicted molar refractivity (Wildman–Crippen MR) is 79.8 cm³/mol. The minimum Gasteiger partial charge on any atom is -0.394 e. The van der Waals surface area contributed by atoms with Gasteiger partial charge < -0.3 is 14.7 Å². The number of hydrogen-bond acceptors (Lipinski definition) is 4. The van der Waals surface area contributed by atoms with Crippen molar-refractivity contribution >= 4 is 17.2 Å². The van der Waals surface area contributed by atoms with Crippen LogP contribution in [0.2, 0.25) is 0 Å². The number of fused-ring (bicyclic) bond motifs is 1. The van der Waals surface area contributed by atoms with Crippen LogP contribution in [0.5, 0.6) is 0 Å². The Balaban J connectivity index is 1.81. The van der Waals surface area contributed by atoms with Crippen molar-refractivity contribution in [2.45, 2.75) is 26.3 Å². The Bertz CT molecular complexity index is 576. The Labute approximate surface area is 122 Å². The monoisotopic (exact) mass is 290 g/mol. The summed E-state index contributed by atoms with van der Waals surface area (Å²) in [6.07, 6.45) is 5.55. The number of hydrogen-bond donors (Lipinski definition) is 1. The fourth-order valence-electron chi connectivity index (χ4n) is 2.27. The third-order valence-corrected chi connectivity index (χ3v) is 4.29. The van der Waals surface area contributed by atoms with E-state index in [1.54, 1.807) is 6.20 Å². The molecule has 0 bridgehead atoms. The zero-order valence-electron chi connectivity index (χ0n) is 11.5. The smallest absolute Gasteiger partial charge is 0.211 e. The summed E-state index contributed by atoms with van der Waals surface area (Å²) in [5, 5.41) is 6.45. The molecule has 0 amide bonds. The minimum absolute atomic E-state index is 0.627. The van der Waals surface area contributed by atoms with Crippen molar-refractivity contribution in [3.63, 3.8) is 0 Å². The van der Waals surface area contributed by atoms with E-state index in [4.69, 9.17) is 4.84 Å². The van der Waals surface area contributed by atoms with Gasteiger partial charge in [0.15, 0.2) is 5.82 Å². The highest BCUT2D eigenvalue weighted by Crippen LogP contribution is 2.24. The Hall–Kier alpha value is -1.82. The summed E-state index contributed by atoms with van der Waals surface area (Å²) in [7, 11) is 0. The molecule has 0 fully saturated rings. The van der Waals surface area contributed by atoms with E-state index >= 15 is 0 Å². The Morgan fingerprint density at radius 2 is 2.55 bits per heavy atom. The summed E-state index contributed by atoms with van der Waals surface area (Å²) in [6.45, 7) is 4.51. The lowest BCUT2D eigenvalue weighted by atomic mass is 10.1. The summed E-state index contributed by atoms with van der Waals surface area (Å²) in [4.78, 5) is 16.5.